The highest BCUT2D eigenvalue weighted by Crippen LogP contribution is 2.13. The van der Waals surface area contributed by atoms with Gasteiger partial charge in [0.25, 0.3) is 0 Å². The van der Waals surface area contributed by atoms with E-state index in [9.17, 15) is 0 Å². The minimum absolute atomic E-state index is 0.331. The SMILES string of the molecule is CCCc1nc(NCCC#N)nc(N(CCC#N)CCC#N)n1. The lowest BCUT2D eigenvalue weighted by molar-refractivity contribution is 0.738. The van der Waals surface area contributed by atoms with Crippen molar-refractivity contribution in [3.05, 3.63) is 5.82 Å². The molecule has 0 bridgehead atoms. The average Bonchev–Trinajstić information content (AvgIpc) is 2.55. The Labute approximate surface area is 136 Å². The minimum atomic E-state index is 0.331. The number of hydrogen-bond donors (Lipinski definition) is 1. The Bertz CT molecular complexity index is 589. The highest BCUT2D eigenvalue weighted by molar-refractivity contribution is 5.37. The molecular formula is C15H20N8. The van der Waals surface area contributed by atoms with Gasteiger partial charge in [-0.2, -0.15) is 30.7 Å². The fourth-order valence-corrected chi connectivity index (χ4v) is 1.88. The van der Waals surface area contributed by atoms with Crippen LogP contribution in [0.3, 0.4) is 0 Å². The number of aryl methyl sites for hydroxylation is 1. The van der Waals surface area contributed by atoms with Crippen LogP contribution in [0.25, 0.3) is 0 Å². The molecule has 0 aliphatic carbocycles. The van der Waals surface area contributed by atoms with Crippen molar-refractivity contribution in [3.8, 4) is 18.2 Å². The van der Waals surface area contributed by atoms with Gasteiger partial charge >= 0.3 is 0 Å². The molecule has 0 amide bonds. The Morgan fingerprint density at radius 2 is 1.61 bits per heavy atom. The fraction of sp³-hybridized carbons (Fsp3) is 0.600. The van der Waals surface area contributed by atoms with Crippen molar-refractivity contribution >= 4 is 11.9 Å². The predicted molar refractivity (Wildman–Crippen MR) is 85.2 cm³/mol. The van der Waals surface area contributed by atoms with E-state index in [1.54, 1.807) is 0 Å². The highest BCUT2D eigenvalue weighted by atomic mass is 15.3. The molecule has 0 aromatic carbocycles. The first-order valence-electron chi connectivity index (χ1n) is 7.59. The summed E-state index contributed by atoms with van der Waals surface area (Å²) in [6.07, 6.45) is 2.63. The van der Waals surface area contributed by atoms with Crippen LogP contribution in [-0.4, -0.2) is 34.6 Å². The topological polar surface area (TPSA) is 125 Å². The lowest BCUT2D eigenvalue weighted by Crippen LogP contribution is -2.28. The second-order valence-corrected chi connectivity index (χ2v) is 4.76. The van der Waals surface area contributed by atoms with E-state index in [-0.39, 0.29) is 0 Å². The van der Waals surface area contributed by atoms with Crippen molar-refractivity contribution in [2.24, 2.45) is 0 Å². The molecule has 0 aliphatic rings. The van der Waals surface area contributed by atoms with Gasteiger partial charge < -0.3 is 10.2 Å². The third kappa shape index (κ3) is 6.58. The number of hydrogen-bond acceptors (Lipinski definition) is 8. The Morgan fingerprint density at radius 1 is 0.957 bits per heavy atom. The maximum absolute atomic E-state index is 8.79. The van der Waals surface area contributed by atoms with E-state index < -0.39 is 0 Å². The summed E-state index contributed by atoms with van der Waals surface area (Å²) in [7, 11) is 0. The lowest BCUT2D eigenvalue weighted by Gasteiger charge is -2.21. The summed E-state index contributed by atoms with van der Waals surface area (Å²) in [5.74, 6) is 1.55. The second kappa shape index (κ2) is 10.8. The Morgan fingerprint density at radius 3 is 2.17 bits per heavy atom. The minimum Gasteiger partial charge on any atom is -0.353 e. The van der Waals surface area contributed by atoms with Crippen LogP contribution in [0.2, 0.25) is 0 Å². The van der Waals surface area contributed by atoms with Crippen LogP contribution in [0.4, 0.5) is 11.9 Å². The Kier molecular flexibility index (Phi) is 8.48. The molecule has 0 aliphatic heterocycles. The molecule has 0 unspecified atom stereocenters. The third-order valence-electron chi connectivity index (χ3n) is 2.93. The van der Waals surface area contributed by atoms with E-state index >= 15 is 0 Å². The molecule has 0 spiro atoms. The van der Waals surface area contributed by atoms with Gasteiger partial charge in [0.05, 0.1) is 37.5 Å². The van der Waals surface area contributed by atoms with Crippen LogP contribution in [0, 0.1) is 34.0 Å². The van der Waals surface area contributed by atoms with Crippen molar-refractivity contribution in [1.29, 1.82) is 15.8 Å². The van der Waals surface area contributed by atoms with Gasteiger partial charge in [0, 0.05) is 26.1 Å². The first kappa shape index (κ1) is 18.1. The van der Waals surface area contributed by atoms with Crippen molar-refractivity contribution < 1.29 is 0 Å². The van der Waals surface area contributed by atoms with Crippen LogP contribution in [-0.2, 0) is 6.42 Å². The molecule has 120 valence electrons. The van der Waals surface area contributed by atoms with Gasteiger partial charge in [0.15, 0.2) is 0 Å². The van der Waals surface area contributed by atoms with Crippen molar-refractivity contribution in [2.45, 2.75) is 39.0 Å². The van der Waals surface area contributed by atoms with Gasteiger partial charge in [-0.05, 0) is 6.42 Å². The molecule has 0 radical (unpaired) electrons. The smallest absolute Gasteiger partial charge is 0.230 e. The number of anilines is 2. The van der Waals surface area contributed by atoms with E-state index in [1.165, 1.54) is 0 Å². The van der Waals surface area contributed by atoms with Crippen molar-refractivity contribution in [3.63, 3.8) is 0 Å². The zero-order valence-corrected chi connectivity index (χ0v) is 13.3. The zero-order chi connectivity index (χ0) is 16.9. The number of aromatic nitrogens is 3. The molecule has 0 saturated heterocycles. The van der Waals surface area contributed by atoms with E-state index in [4.69, 9.17) is 15.8 Å². The van der Waals surface area contributed by atoms with Crippen LogP contribution in [0.15, 0.2) is 0 Å². The molecule has 8 heteroatoms. The summed E-state index contributed by atoms with van der Waals surface area (Å²) in [5, 5.41) is 29.2. The summed E-state index contributed by atoms with van der Waals surface area (Å²) < 4.78 is 0. The molecule has 8 nitrogen and oxygen atoms in total. The van der Waals surface area contributed by atoms with Crippen molar-refractivity contribution in [2.75, 3.05) is 29.9 Å². The van der Waals surface area contributed by atoms with Gasteiger partial charge in [-0.15, -0.1) is 0 Å². The molecular weight excluding hydrogens is 292 g/mol. The maximum atomic E-state index is 8.79. The maximum Gasteiger partial charge on any atom is 0.230 e. The average molecular weight is 312 g/mol. The zero-order valence-electron chi connectivity index (χ0n) is 13.3. The van der Waals surface area contributed by atoms with E-state index in [2.05, 4.69) is 38.5 Å². The van der Waals surface area contributed by atoms with E-state index in [1.807, 2.05) is 11.8 Å². The first-order valence-corrected chi connectivity index (χ1v) is 7.59. The fourth-order valence-electron chi connectivity index (χ4n) is 1.88. The van der Waals surface area contributed by atoms with Crippen LogP contribution in [0.5, 0.6) is 0 Å². The summed E-state index contributed by atoms with van der Waals surface area (Å²) in [6.45, 7) is 3.42. The van der Waals surface area contributed by atoms with Gasteiger partial charge in [0.1, 0.15) is 5.82 Å². The van der Waals surface area contributed by atoms with Gasteiger partial charge in [0.2, 0.25) is 11.9 Å². The molecule has 0 saturated carbocycles. The number of rotatable bonds is 10. The van der Waals surface area contributed by atoms with E-state index in [0.717, 1.165) is 6.42 Å². The first-order chi connectivity index (χ1) is 11.2. The number of nitrogens with zero attached hydrogens (tertiary/aromatic N) is 7. The number of nitriles is 3. The molecule has 0 atom stereocenters. The highest BCUT2D eigenvalue weighted by Gasteiger charge is 2.13. The van der Waals surface area contributed by atoms with Crippen LogP contribution < -0.4 is 10.2 Å². The van der Waals surface area contributed by atoms with Gasteiger partial charge in [-0.3, -0.25) is 0 Å². The summed E-state index contributed by atoms with van der Waals surface area (Å²) in [4.78, 5) is 15.0. The molecule has 1 aromatic heterocycles. The normalized spacial score (nSPS) is 9.48. The molecule has 1 aromatic rings. The molecule has 1 N–H and O–H groups in total. The predicted octanol–water partition coefficient (Wildman–Crippen LogP) is 1.78. The summed E-state index contributed by atoms with van der Waals surface area (Å²) in [5.41, 5.74) is 0. The molecule has 23 heavy (non-hydrogen) atoms. The quantitative estimate of drug-likeness (QED) is 0.648. The van der Waals surface area contributed by atoms with Crippen LogP contribution >= 0.6 is 0 Å². The second-order valence-electron chi connectivity index (χ2n) is 4.76. The standard InChI is InChI=1S/C15H20N8/c1-2-6-13-20-14(19-10-3-7-16)22-15(21-13)23(11-4-8-17)12-5-9-18/h2-6,10-12H2,1H3,(H,19,20,21,22). The monoisotopic (exact) mass is 312 g/mol. The van der Waals surface area contributed by atoms with Crippen LogP contribution in [0.1, 0.15) is 38.4 Å². The van der Waals surface area contributed by atoms with Crippen molar-refractivity contribution in [1.82, 2.24) is 15.0 Å². The molecule has 1 heterocycles. The Hall–Kier alpha value is -2.92. The van der Waals surface area contributed by atoms with E-state index in [0.29, 0.717) is 63.0 Å². The largest absolute Gasteiger partial charge is 0.353 e. The van der Waals surface area contributed by atoms with Gasteiger partial charge in [-0.1, -0.05) is 6.92 Å². The van der Waals surface area contributed by atoms with Gasteiger partial charge in [-0.25, -0.2) is 0 Å². The molecule has 1 rings (SSSR count). The summed E-state index contributed by atoms with van der Waals surface area (Å²) in [6, 6.07) is 6.24. The number of nitrogens with one attached hydrogen (secondary N) is 1. The lowest BCUT2D eigenvalue weighted by atomic mass is 10.3. The third-order valence-corrected chi connectivity index (χ3v) is 2.93. The Balaban J connectivity index is 3.00. The summed E-state index contributed by atoms with van der Waals surface area (Å²) >= 11 is 0. The molecule has 0 fully saturated rings.